The quantitative estimate of drug-likeness (QED) is 0.501. The first-order valence-electron chi connectivity index (χ1n) is 5.28. The zero-order valence-corrected chi connectivity index (χ0v) is 9.50. The van der Waals surface area contributed by atoms with Crippen LogP contribution in [0.1, 0.15) is 17.2 Å². The van der Waals surface area contributed by atoms with Crippen LogP contribution in [0.15, 0.2) is 30.3 Å². The lowest BCUT2D eigenvalue weighted by Crippen LogP contribution is -2.08. The van der Waals surface area contributed by atoms with Gasteiger partial charge in [0.05, 0.1) is 0 Å². The van der Waals surface area contributed by atoms with Crippen molar-refractivity contribution >= 4 is 5.69 Å². The van der Waals surface area contributed by atoms with Crippen molar-refractivity contribution in [3.63, 3.8) is 0 Å². The molecule has 0 spiro atoms. The van der Waals surface area contributed by atoms with Crippen molar-refractivity contribution in [3.05, 3.63) is 64.7 Å². The monoisotopic (exact) mass is 271 g/mol. The highest BCUT2D eigenvalue weighted by Crippen LogP contribution is 2.30. The molecule has 2 aromatic rings. The van der Waals surface area contributed by atoms with E-state index in [1.54, 1.807) is 0 Å². The lowest BCUT2D eigenvalue weighted by molar-refractivity contribution is 0.213. The van der Waals surface area contributed by atoms with Gasteiger partial charge < -0.3 is 10.8 Å². The molecule has 0 heterocycles. The van der Waals surface area contributed by atoms with Gasteiger partial charge in [0, 0.05) is 16.8 Å². The summed E-state index contributed by atoms with van der Waals surface area (Å²) in [5, 5.41) is 9.92. The van der Waals surface area contributed by atoms with Gasteiger partial charge in [0.25, 0.3) is 0 Å². The van der Waals surface area contributed by atoms with Crippen LogP contribution in [-0.2, 0) is 0 Å². The molecule has 0 aliphatic rings. The minimum absolute atomic E-state index is 0.0121. The Kier molecular flexibility index (Phi) is 3.44. The van der Waals surface area contributed by atoms with Crippen molar-refractivity contribution in [2.24, 2.45) is 0 Å². The third-order valence-corrected chi connectivity index (χ3v) is 2.70. The molecule has 0 amide bonds. The number of rotatable bonds is 2. The van der Waals surface area contributed by atoms with E-state index in [-0.39, 0.29) is 11.3 Å². The molecule has 0 radical (unpaired) electrons. The molecule has 0 saturated heterocycles. The summed E-state index contributed by atoms with van der Waals surface area (Å²) in [5.74, 6) is -5.30. The smallest absolute Gasteiger partial charge is 0.194 e. The highest BCUT2D eigenvalue weighted by Gasteiger charge is 2.22. The topological polar surface area (TPSA) is 46.2 Å². The van der Waals surface area contributed by atoms with Crippen LogP contribution in [0.25, 0.3) is 0 Å². The summed E-state index contributed by atoms with van der Waals surface area (Å²) in [5.41, 5.74) is 4.90. The Morgan fingerprint density at radius 2 is 1.58 bits per heavy atom. The highest BCUT2D eigenvalue weighted by molar-refractivity contribution is 5.50. The van der Waals surface area contributed by atoms with Crippen LogP contribution in [0.4, 0.5) is 23.2 Å². The average Bonchev–Trinajstić information content (AvgIpc) is 2.38. The highest BCUT2D eigenvalue weighted by atomic mass is 19.2. The van der Waals surface area contributed by atoms with Gasteiger partial charge >= 0.3 is 0 Å². The molecular weight excluding hydrogens is 262 g/mol. The van der Waals surface area contributed by atoms with Gasteiger partial charge in [-0.25, -0.2) is 17.6 Å². The van der Waals surface area contributed by atoms with E-state index in [0.717, 1.165) is 18.2 Å². The molecule has 0 saturated carbocycles. The SMILES string of the molecule is Nc1ccc(F)cc1C(O)c1ccc(F)c(F)c1F. The van der Waals surface area contributed by atoms with Crippen LogP contribution in [-0.4, -0.2) is 5.11 Å². The molecule has 3 N–H and O–H groups in total. The molecule has 100 valence electrons. The van der Waals surface area contributed by atoms with Crippen LogP contribution in [0, 0.1) is 23.3 Å². The maximum Gasteiger partial charge on any atom is 0.194 e. The molecule has 1 atom stereocenters. The fourth-order valence-corrected chi connectivity index (χ4v) is 1.70. The average molecular weight is 271 g/mol. The Morgan fingerprint density at radius 3 is 2.26 bits per heavy atom. The lowest BCUT2D eigenvalue weighted by Gasteiger charge is -2.15. The summed E-state index contributed by atoms with van der Waals surface area (Å²) in [6, 6.07) is 4.70. The number of hydrogen-bond donors (Lipinski definition) is 2. The molecule has 19 heavy (non-hydrogen) atoms. The molecule has 0 aromatic heterocycles. The number of nitrogens with two attached hydrogens (primary N) is 1. The van der Waals surface area contributed by atoms with E-state index in [4.69, 9.17) is 5.73 Å². The number of halogens is 4. The number of hydrogen-bond acceptors (Lipinski definition) is 2. The van der Waals surface area contributed by atoms with E-state index in [1.807, 2.05) is 0 Å². The Morgan fingerprint density at radius 1 is 0.895 bits per heavy atom. The predicted molar refractivity (Wildman–Crippen MR) is 61.2 cm³/mol. The van der Waals surface area contributed by atoms with Gasteiger partial charge in [0.2, 0.25) is 0 Å². The first-order valence-corrected chi connectivity index (χ1v) is 5.28. The predicted octanol–water partition coefficient (Wildman–Crippen LogP) is 2.91. The molecular formula is C13H9F4NO. The Balaban J connectivity index is 2.53. The second-order valence-electron chi connectivity index (χ2n) is 3.94. The second-order valence-corrected chi connectivity index (χ2v) is 3.94. The lowest BCUT2D eigenvalue weighted by atomic mass is 9.99. The summed E-state index contributed by atoms with van der Waals surface area (Å²) in [4.78, 5) is 0. The molecule has 2 nitrogen and oxygen atoms in total. The van der Waals surface area contributed by atoms with Crippen molar-refractivity contribution in [1.82, 2.24) is 0 Å². The third-order valence-electron chi connectivity index (χ3n) is 2.70. The summed E-state index contributed by atoms with van der Waals surface area (Å²) in [6.07, 6.45) is -1.69. The van der Waals surface area contributed by atoms with Gasteiger partial charge in [-0.05, 0) is 24.3 Å². The van der Waals surface area contributed by atoms with E-state index in [0.29, 0.717) is 6.07 Å². The number of aliphatic hydroxyl groups excluding tert-OH is 1. The molecule has 0 bridgehead atoms. The maximum atomic E-state index is 13.5. The minimum atomic E-state index is -1.70. The normalized spacial score (nSPS) is 12.5. The first-order chi connectivity index (χ1) is 8.91. The summed E-state index contributed by atoms with van der Waals surface area (Å²) in [6.45, 7) is 0. The van der Waals surface area contributed by atoms with Crippen molar-refractivity contribution in [2.45, 2.75) is 6.10 Å². The van der Waals surface area contributed by atoms with Crippen LogP contribution in [0.2, 0.25) is 0 Å². The number of nitrogen functional groups attached to an aromatic ring is 1. The molecule has 1 unspecified atom stereocenters. The molecule has 2 rings (SSSR count). The summed E-state index contributed by atoms with van der Waals surface area (Å²) >= 11 is 0. The van der Waals surface area contributed by atoms with E-state index in [9.17, 15) is 22.7 Å². The fraction of sp³-hybridized carbons (Fsp3) is 0.0769. The largest absolute Gasteiger partial charge is 0.398 e. The van der Waals surface area contributed by atoms with Gasteiger partial charge in [0.15, 0.2) is 17.5 Å². The van der Waals surface area contributed by atoms with Gasteiger partial charge in [0.1, 0.15) is 11.9 Å². The van der Waals surface area contributed by atoms with Crippen molar-refractivity contribution < 1.29 is 22.7 Å². The van der Waals surface area contributed by atoms with Gasteiger partial charge in [-0.1, -0.05) is 6.07 Å². The zero-order valence-electron chi connectivity index (χ0n) is 9.50. The second kappa shape index (κ2) is 4.89. The molecule has 0 aliphatic heterocycles. The zero-order chi connectivity index (χ0) is 14.2. The molecule has 0 aliphatic carbocycles. The van der Waals surface area contributed by atoms with Crippen LogP contribution in [0.3, 0.4) is 0 Å². The van der Waals surface area contributed by atoms with Crippen molar-refractivity contribution in [1.29, 1.82) is 0 Å². The molecule has 2 aromatic carbocycles. The van der Waals surface area contributed by atoms with Crippen LogP contribution in [0.5, 0.6) is 0 Å². The third kappa shape index (κ3) is 2.39. The number of aliphatic hydroxyl groups is 1. The Bertz CT molecular complexity index is 630. The van der Waals surface area contributed by atoms with Crippen LogP contribution < -0.4 is 5.73 Å². The van der Waals surface area contributed by atoms with Crippen LogP contribution >= 0.6 is 0 Å². The van der Waals surface area contributed by atoms with Gasteiger partial charge in [-0.2, -0.15) is 0 Å². The Hall–Kier alpha value is -2.08. The summed E-state index contributed by atoms with van der Waals surface area (Å²) in [7, 11) is 0. The van der Waals surface area contributed by atoms with E-state index in [1.165, 1.54) is 6.07 Å². The maximum absolute atomic E-state index is 13.5. The van der Waals surface area contributed by atoms with Crippen molar-refractivity contribution in [3.8, 4) is 0 Å². The Labute approximate surface area is 106 Å². The first kappa shape index (κ1) is 13.4. The minimum Gasteiger partial charge on any atom is -0.398 e. The molecule has 6 heteroatoms. The standard InChI is InChI=1S/C13H9F4NO/c14-6-1-4-10(18)8(5-6)13(19)7-2-3-9(15)12(17)11(7)16/h1-5,13,19H,18H2. The van der Waals surface area contributed by atoms with E-state index in [2.05, 4.69) is 0 Å². The van der Waals surface area contributed by atoms with Crippen molar-refractivity contribution in [2.75, 3.05) is 5.73 Å². The van der Waals surface area contributed by atoms with E-state index < -0.39 is 34.9 Å². The molecule has 0 fully saturated rings. The van der Waals surface area contributed by atoms with Gasteiger partial charge in [-0.3, -0.25) is 0 Å². The number of anilines is 1. The van der Waals surface area contributed by atoms with E-state index >= 15 is 0 Å². The fourth-order valence-electron chi connectivity index (χ4n) is 1.70. The summed E-state index contributed by atoms with van der Waals surface area (Å²) < 4.78 is 52.5. The van der Waals surface area contributed by atoms with Gasteiger partial charge in [-0.15, -0.1) is 0 Å². The number of benzene rings is 2.